The average molecular weight is 182 g/mol. The van der Waals surface area contributed by atoms with Crippen LogP contribution >= 0.6 is 11.3 Å². The van der Waals surface area contributed by atoms with Gasteiger partial charge in [0, 0.05) is 11.8 Å². The lowest BCUT2D eigenvalue weighted by molar-refractivity contribution is 0.0934. The predicted octanol–water partition coefficient (Wildman–Crippen LogP) is 1.53. The van der Waals surface area contributed by atoms with Gasteiger partial charge in [0.05, 0.1) is 12.2 Å². The summed E-state index contributed by atoms with van der Waals surface area (Å²) in [6.07, 6.45) is 1.14. The van der Waals surface area contributed by atoms with Crippen molar-refractivity contribution in [3.63, 3.8) is 0 Å². The number of fused-ring (bicyclic) bond motifs is 1. The highest BCUT2D eigenvalue weighted by Crippen LogP contribution is 2.32. The molecule has 0 unspecified atom stereocenters. The minimum Gasteiger partial charge on any atom is -0.491 e. The fourth-order valence-corrected chi connectivity index (χ4v) is 1.98. The molecule has 0 aromatic carbocycles. The first kappa shape index (κ1) is 7.49. The van der Waals surface area contributed by atoms with Gasteiger partial charge in [0.2, 0.25) is 0 Å². The third-order valence-electron chi connectivity index (χ3n) is 1.76. The molecule has 62 valence electrons. The van der Waals surface area contributed by atoms with Crippen LogP contribution in [0.15, 0.2) is 5.38 Å². The molecule has 1 aromatic heterocycles. The van der Waals surface area contributed by atoms with Crippen LogP contribution in [0, 0.1) is 0 Å². The zero-order chi connectivity index (χ0) is 8.55. The summed E-state index contributed by atoms with van der Waals surface area (Å²) in [4.78, 5) is 22.2. The molecule has 0 saturated carbocycles. The second-order valence-corrected chi connectivity index (χ2v) is 3.39. The van der Waals surface area contributed by atoms with Crippen LogP contribution < -0.4 is 4.74 Å². The lowest BCUT2D eigenvalue weighted by atomic mass is 10.1. The predicted molar refractivity (Wildman–Crippen MR) is 44.1 cm³/mol. The number of thiophene rings is 1. The van der Waals surface area contributed by atoms with Gasteiger partial charge in [0.1, 0.15) is 4.88 Å². The molecule has 12 heavy (non-hydrogen) atoms. The van der Waals surface area contributed by atoms with Gasteiger partial charge in [-0.25, -0.2) is 0 Å². The van der Waals surface area contributed by atoms with Crippen LogP contribution in [0.3, 0.4) is 0 Å². The van der Waals surface area contributed by atoms with E-state index in [1.807, 2.05) is 0 Å². The van der Waals surface area contributed by atoms with Crippen molar-refractivity contribution in [2.45, 2.75) is 6.42 Å². The Hall–Kier alpha value is -1.16. The molecule has 2 heterocycles. The number of ketones is 1. The van der Waals surface area contributed by atoms with E-state index in [-0.39, 0.29) is 5.78 Å². The van der Waals surface area contributed by atoms with Crippen LogP contribution in [-0.2, 0) is 0 Å². The Kier molecular flexibility index (Phi) is 1.69. The molecule has 1 aliphatic rings. The topological polar surface area (TPSA) is 43.4 Å². The molecule has 1 aromatic rings. The summed E-state index contributed by atoms with van der Waals surface area (Å²) in [5.41, 5.74) is 0.563. The van der Waals surface area contributed by atoms with Gasteiger partial charge >= 0.3 is 0 Å². The molecule has 0 atom stereocenters. The van der Waals surface area contributed by atoms with Crippen molar-refractivity contribution in [1.29, 1.82) is 0 Å². The minimum atomic E-state index is 0.0700. The average Bonchev–Trinajstić information content (AvgIpc) is 2.49. The monoisotopic (exact) mass is 182 g/mol. The number of rotatable bonds is 1. The summed E-state index contributed by atoms with van der Waals surface area (Å²) in [7, 11) is 0. The van der Waals surface area contributed by atoms with E-state index in [9.17, 15) is 9.59 Å². The van der Waals surface area contributed by atoms with E-state index in [2.05, 4.69) is 0 Å². The van der Waals surface area contributed by atoms with Crippen molar-refractivity contribution in [1.82, 2.24) is 0 Å². The van der Waals surface area contributed by atoms with Gasteiger partial charge in [-0.05, 0) is 0 Å². The van der Waals surface area contributed by atoms with Crippen molar-refractivity contribution in [3.8, 4) is 5.75 Å². The van der Waals surface area contributed by atoms with Gasteiger partial charge in [0.25, 0.3) is 0 Å². The van der Waals surface area contributed by atoms with E-state index in [1.165, 1.54) is 11.3 Å². The molecule has 0 bridgehead atoms. The number of carbonyl (C=O) groups excluding carboxylic acids is 2. The van der Waals surface area contributed by atoms with Crippen molar-refractivity contribution in [2.75, 3.05) is 6.61 Å². The van der Waals surface area contributed by atoms with Crippen molar-refractivity contribution >= 4 is 23.4 Å². The van der Waals surface area contributed by atoms with E-state index in [0.29, 0.717) is 29.2 Å². The molecule has 2 rings (SSSR count). The Morgan fingerprint density at radius 2 is 2.42 bits per heavy atom. The van der Waals surface area contributed by atoms with Gasteiger partial charge in [-0.15, -0.1) is 11.3 Å². The highest BCUT2D eigenvalue weighted by atomic mass is 32.1. The number of hydrogen-bond donors (Lipinski definition) is 0. The van der Waals surface area contributed by atoms with Crippen LogP contribution in [0.25, 0.3) is 0 Å². The van der Waals surface area contributed by atoms with Crippen LogP contribution in [0.4, 0.5) is 0 Å². The third kappa shape index (κ3) is 0.956. The van der Waals surface area contributed by atoms with Gasteiger partial charge in [0.15, 0.2) is 17.8 Å². The first-order chi connectivity index (χ1) is 5.83. The summed E-state index contributed by atoms with van der Waals surface area (Å²) >= 11 is 1.26. The van der Waals surface area contributed by atoms with Crippen molar-refractivity contribution in [2.24, 2.45) is 0 Å². The zero-order valence-electron chi connectivity index (χ0n) is 6.20. The lowest BCUT2D eigenvalue weighted by Gasteiger charge is -2.12. The minimum absolute atomic E-state index is 0.0700. The molecule has 3 nitrogen and oxygen atoms in total. The Bertz CT molecular complexity index is 340. The molecule has 1 aliphatic heterocycles. The molecule has 0 radical (unpaired) electrons. The summed E-state index contributed by atoms with van der Waals surface area (Å²) < 4.78 is 5.21. The number of hydrogen-bond acceptors (Lipinski definition) is 4. The summed E-state index contributed by atoms with van der Waals surface area (Å²) in [6.45, 7) is 0.392. The van der Waals surface area contributed by atoms with Crippen LogP contribution in [-0.4, -0.2) is 18.7 Å². The van der Waals surface area contributed by atoms with E-state index in [0.717, 1.165) is 6.29 Å². The van der Waals surface area contributed by atoms with Crippen molar-refractivity contribution in [3.05, 3.63) is 15.8 Å². The third-order valence-corrected chi connectivity index (χ3v) is 2.64. The lowest BCUT2D eigenvalue weighted by Crippen LogP contribution is -2.14. The van der Waals surface area contributed by atoms with E-state index in [4.69, 9.17) is 4.74 Å². The molecule has 0 aliphatic carbocycles. The molecule has 4 heteroatoms. The number of ether oxygens (including phenoxy) is 1. The van der Waals surface area contributed by atoms with Crippen molar-refractivity contribution < 1.29 is 14.3 Å². The van der Waals surface area contributed by atoms with Gasteiger partial charge in [-0.2, -0.15) is 0 Å². The molecular weight excluding hydrogens is 176 g/mol. The molecule has 0 saturated heterocycles. The first-order valence-corrected chi connectivity index (χ1v) is 4.43. The maximum atomic E-state index is 11.2. The Morgan fingerprint density at radius 1 is 1.58 bits per heavy atom. The zero-order valence-corrected chi connectivity index (χ0v) is 7.02. The quantitative estimate of drug-likeness (QED) is 0.618. The van der Waals surface area contributed by atoms with E-state index >= 15 is 0 Å². The van der Waals surface area contributed by atoms with Gasteiger partial charge < -0.3 is 4.74 Å². The van der Waals surface area contributed by atoms with E-state index in [1.54, 1.807) is 5.38 Å². The highest BCUT2D eigenvalue weighted by molar-refractivity contribution is 7.12. The largest absolute Gasteiger partial charge is 0.491 e. The highest BCUT2D eigenvalue weighted by Gasteiger charge is 2.22. The fraction of sp³-hybridized carbons (Fsp3) is 0.250. The smallest absolute Gasteiger partial charge is 0.170 e. The SMILES string of the molecule is O=Cc1scc2c1OCCC2=O. The Morgan fingerprint density at radius 3 is 3.17 bits per heavy atom. The second-order valence-electron chi connectivity index (χ2n) is 2.48. The number of aldehydes is 1. The molecule has 0 N–H and O–H groups in total. The molecular formula is C8H6O3S. The number of Topliss-reactive ketones (excluding diaryl/α,β-unsaturated/α-hetero) is 1. The maximum absolute atomic E-state index is 11.2. The maximum Gasteiger partial charge on any atom is 0.170 e. The van der Waals surface area contributed by atoms with Crippen LogP contribution in [0.1, 0.15) is 26.5 Å². The fourth-order valence-electron chi connectivity index (χ4n) is 1.17. The summed E-state index contributed by atoms with van der Waals surface area (Å²) in [5, 5.41) is 1.68. The summed E-state index contributed by atoms with van der Waals surface area (Å²) in [6, 6.07) is 0. The Balaban J connectivity index is 2.54. The van der Waals surface area contributed by atoms with Gasteiger partial charge in [-0.1, -0.05) is 0 Å². The Labute approximate surface area is 73.0 Å². The molecule has 0 fully saturated rings. The first-order valence-electron chi connectivity index (χ1n) is 3.55. The molecule has 0 amide bonds. The normalized spacial score (nSPS) is 15.2. The standard InChI is InChI=1S/C8H6O3S/c9-3-7-8-5(4-12-7)6(10)1-2-11-8/h3-4H,1-2H2. The van der Waals surface area contributed by atoms with Crippen LogP contribution in [0.5, 0.6) is 5.75 Å². The number of carbonyl (C=O) groups is 2. The second kappa shape index (κ2) is 2.71. The molecule has 0 spiro atoms. The summed E-state index contributed by atoms with van der Waals surface area (Å²) in [5.74, 6) is 0.548. The van der Waals surface area contributed by atoms with Crippen LogP contribution in [0.2, 0.25) is 0 Å². The van der Waals surface area contributed by atoms with Gasteiger partial charge in [-0.3, -0.25) is 9.59 Å². The van der Waals surface area contributed by atoms with E-state index < -0.39 is 0 Å².